The van der Waals surface area contributed by atoms with E-state index in [9.17, 15) is 9.18 Å². The van der Waals surface area contributed by atoms with Crippen molar-refractivity contribution in [2.45, 2.75) is 11.6 Å². The summed E-state index contributed by atoms with van der Waals surface area (Å²) in [6.45, 7) is 0.476. The number of nitrogens with zero attached hydrogens (tertiary/aromatic N) is 4. The highest BCUT2D eigenvalue weighted by Crippen LogP contribution is 2.27. The minimum atomic E-state index is -0.387. The molecular formula is C19H20FN5O3S. The van der Waals surface area contributed by atoms with Gasteiger partial charge in [0.05, 0.1) is 25.7 Å². The van der Waals surface area contributed by atoms with Crippen LogP contribution in [0, 0.1) is 5.82 Å². The molecule has 0 unspecified atom stereocenters. The van der Waals surface area contributed by atoms with Crippen molar-refractivity contribution in [3.05, 3.63) is 53.8 Å². The summed E-state index contributed by atoms with van der Waals surface area (Å²) in [6, 6.07) is 11.6. The molecule has 0 aliphatic heterocycles. The third-order valence-corrected chi connectivity index (χ3v) is 4.93. The van der Waals surface area contributed by atoms with Gasteiger partial charge in [-0.2, -0.15) is 4.68 Å². The van der Waals surface area contributed by atoms with Crippen molar-refractivity contribution in [3.8, 4) is 17.2 Å². The standard InChI is InChI=1S/C19H20FN5O3S/c1-27-16-7-6-13(10-17(16)28-2)8-9-21-18(26)12-29-19-22-23-24-25(19)15-5-3-4-14(20)11-15/h3-7,10-11H,8-9,12H2,1-2H3,(H,21,26). The zero-order valence-corrected chi connectivity index (χ0v) is 16.8. The molecule has 0 atom stereocenters. The number of amides is 1. The SMILES string of the molecule is COc1ccc(CCNC(=O)CSc2nnnn2-c2cccc(F)c2)cc1OC. The maximum Gasteiger partial charge on any atom is 0.230 e. The second-order valence-electron chi connectivity index (χ2n) is 5.93. The number of nitrogens with one attached hydrogen (secondary N) is 1. The van der Waals surface area contributed by atoms with Crippen molar-refractivity contribution in [2.75, 3.05) is 26.5 Å². The van der Waals surface area contributed by atoms with E-state index in [1.807, 2.05) is 18.2 Å². The van der Waals surface area contributed by atoms with E-state index in [4.69, 9.17) is 9.47 Å². The average Bonchev–Trinajstić information content (AvgIpc) is 3.21. The molecule has 3 aromatic rings. The van der Waals surface area contributed by atoms with Gasteiger partial charge in [-0.15, -0.1) is 5.10 Å². The third-order valence-electron chi connectivity index (χ3n) is 4.01. The number of hydrogen-bond acceptors (Lipinski definition) is 7. The third kappa shape index (κ3) is 5.44. The van der Waals surface area contributed by atoms with Gasteiger partial charge in [0.25, 0.3) is 0 Å². The molecule has 0 saturated heterocycles. The molecule has 2 aromatic carbocycles. The molecule has 0 aliphatic rings. The number of tetrazole rings is 1. The molecule has 152 valence electrons. The number of hydrogen-bond donors (Lipinski definition) is 1. The van der Waals surface area contributed by atoms with E-state index < -0.39 is 0 Å². The van der Waals surface area contributed by atoms with E-state index in [2.05, 4.69) is 20.8 Å². The maximum absolute atomic E-state index is 13.4. The van der Waals surface area contributed by atoms with Crippen molar-refractivity contribution in [1.82, 2.24) is 25.5 Å². The summed E-state index contributed by atoms with van der Waals surface area (Å²) in [5.41, 5.74) is 1.51. The number of carbonyl (C=O) groups is 1. The molecule has 1 amide bonds. The van der Waals surface area contributed by atoms with Crippen LogP contribution in [0.2, 0.25) is 0 Å². The monoisotopic (exact) mass is 417 g/mol. The van der Waals surface area contributed by atoms with Crippen molar-refractivity contribution in [1.29, 1.82) is 0 Å². The Morgan fingerprint density at radius 1 is 1.17 bits per heavy atom. The Kier molecular flexibility index (Phi) is 7.01. The average molecular weight is 417 g/mol. The Morgan fingerprint density at radius 3 is 2.76 bits per heavy atom. The van der Waals surface area contributed by atoms with Gasteiger partial charge >= 0.3 is 0 Å². The molecule has 0 radical (unpaired) electrons. The van der Waals surface area contributed by atoms with E-state index in [1.54, 1.807) is 26.4 Å². The van der Waals surface area contributed by atoms with Gasteiger partial charge in [-0.25, -0.2) is 4.39 Å². The summed E-state index contributed by atoms with van der Waals surface area (Å²) in [6.07, 6.45) is 0.651. The number of rotatable bonds is 9. The van der Waals surface area contributed by atoms with Crippen LogP contribution in [0.4, 0.5) is 4.39 Å². The molecule has 0 fully saturated rings. The van der Waals surface area contributed by atoms with Crippen LogP contribution in [0.1, 0.15) is 5.56 Å². The van der Waals surface area contributed by atoms with Gasteiger partial charge in [0.15, 0.2) is 11.5 Å². The summed E-state index contributed by atoms with van der Waals surface area (Å²) in [4.78, 5) is 12.1. The second-order valence-corrected chi connectivity index (χ2v) is 6.87. The Labute approximate surface area is 171 Å². The van der Waals surface area contributed by atoms with Gasteiger partial charge in [-0.05, 0) is 52.7 Å². The summed E-state index contributed by atoms with van der Waals surface area (Å²) < 4.78 is 25.3. The lowest BCUT2D eigenvalue weighted by molar-refractivity contribution is -0.118. The fourth-order valence-corrected chi connectivity index (χ4v) is 3.32. The molecule has 3 rings (SSSR count). The highest BCUT2D eigenvalue weighted by Gasteiger charge is 2.12. The molecule has 0 saturated carbocycles. The van der Waals surface area contributed by atoms with Crippen LogP contribution in [-0.4, -0.2) is 52.6 Å². The highest BCUT2D eigenvalue weighted by molar-refractivity contribution is 7.99. The van der Waals surface area contributed by atoms with Crippen LogP contribution in [0.3, 0.4) is 0 Å². The fraction of sp³-hybridized carbons (Fsp3) is 0.263. The van der Waals surface area contributed by atoms with Crippen molar-refractivity contribution < 1.29 is 18.7 Å². The first-order valence-corrected chi connectivity index (χ1v) is 9.74. The first-order valence-electron chi connectivity index (χ1n) is 8.75. The zero-order chi connectivity index (χ0) is 20.6. The number of benzene rings is 2. The predicted molar refractivity (Wildman–Crippen MR) is 106 cm³/mol. The largest absolute Gasteiger partial charge is 0.493 e. The Morgan fingerprint density at radius 2 is 2.00 bits per heavy atom. The molecule has 0 aliphatic carbocycles. The van der Waals surface area contributed by atoms with Crippen LogP contribution >= 0.6 is 11.8 Å². The summed E-state index contributed by atoms with van der Waals surface area (Å²) in [5.74, 6) is 0.914. The van der Waals surface area contributed by atoms with Crippen LogP contribution in [0.15, 0.2) is 47.6 Å². The Hall–Kier alpha value is -3.14. The second kappa shape index (κ2) is 9.87. The topological polar surface area (TPSA) is 91.2 Å². The number of aromatic nitrogens is 4. The van der Waals surface area contributed by atoms with E-state index in [-0.39, 0.29) is 17.5 Å². The number of methoxy groups -OCH3 is 2. The summed E-state index contributed by atoms with van der Waals surface area (Å²) in [5, 5.41) is 14.6. The lowest BCUT2D eigenvalue weighted by atomic mass is 10.1. The van der Waals surface area contributed by atoms with E-state index >= 15 is 0 Å². The predicted octanol–water partition coefficient (Wildman–Crippen LogP) is 2.27. The maximum atomic E-state index is 13.4. The minimum Gasteiger partial charge on any atom is -0.493 e. The van der Waals surface area contributed by atoms with E-state index in [1.165, 1.54) is 28.6 Å². The van der Waals surface area contributed by atoms with Crippen LogP contribution in [-0.2, 0) is 11.2 Å². The lowest BCUT2D eigenvalue weighted by Crippen LogP contribution is -2.27. The number of thioether (sulfide) groups is 1. The van der Waals surface area contributed by atoms with Gasteiger partial charge in [0.2, 0.25) is 11.1 Å². The highest BCUT2D eigenvalue weighted by atomic mass is 32.2. The van der Waals surface area contributed by atoms with Crippen LogP contribution in [0.5, 0.6) is 11.5 Å². The van der Waals surface area contributed by atoms with Gasteiger partial charge in [-0.3, -0.25) is 4.79 Å². The first kappa shape index (κ1) is 20.6. The van der Waals surface area contributed by atoms with Gasteiger partial charge in [0, 0.05) is 6.54 Å². The molecule has 8 nitrogen and oxygen atoms in total. The molecule has 0 spiro atoms. The molecule has 1 heterocycles. The van der Waals surface area contributed by atoms with E-state index in [0.717, 1.165) is 5.56 Å². The van der Waals surface area contributed by atoms with Crippen LogP contribution in [0.25, 0.3) is 5.69 Å². The summed E-state index contributed by atoms with van der Waals surface area (Å²) >= 11 is 1.18. The number of halogens is 1. The molecular weight excluding hydrogens is 397 g/mol. The molecule has 29 heavy (non-hydrogen) atoms. The number of ether oxygens (including phenoxy) is 2. The summed E-state index contributed by atoms with van der Waals surface area (Å²) in [7, 11) is 3.16. The fourth-order valence-electron chi connectivity index (χ4n) is 2.60. The van der Waals surface area contributed by atoms with Gasteiger partial charge in [-0.1, -0.05) is 23.9 Å². The Bertz CT molecular complexity index is 982. The minimum absolute atomic E-state index is 0.140. The van der Waals surface area contributed by atoms with E-state index in [0.29, 0.717) is 35.3 Å². The molecule has 1 N–H and O–H groups in total. The normalized spacial score (nSPS) is 10.6. The first-order chi connectivity index (χ1) is 14.1. The lowest BCUT2D eigenvalue weighted by Gasteiger charge is -2.10. The molecule has 10 heteroatoms. The quantitative estimate of drug-likeness (QED) is 0.534. The zero-order valence-electron chi connectivity index (χ0n) is 16.0. The Balaban J connectivity index is 1.50. The molecule has 0 bridgehead atoms. The van der Waals surface area contributed by atoms with Crippen LogP contribution < -0.4 is 14.8 Å². The van der Waals surface area contributed by atoms with Crippen molar-refractivity contribution in [3.63, 3.8) is 0 Å². The van der Waals surface area contributed by atoms with Crippen molar-refractivity contribution in [2.24, 2.45) is 0 Å². The smallest absolute Gasteiger partial charge is 0.230 e. The van der Waals surface area contributed by atoms with Gasteiger partial charge < -0.3 is 14.8 Å². The van der Waals surface area contributed by atoms with Gasteiger partial charge in [0.1, 0.15) is 5.82 Å². The number of carbonyl (C=O) groups excluding carboxylic acids is 1. The van der Waals surface area contributed by atoms with Crippen molar-refractivity contribution >= 4 is 17.7 Å². The molecule has 1 aromatic heterocycles.